The molecule has 8 nitrogen and oxygen atoms in total. The van der Waals surface area contributed by atoms with E-state index in [1.165, 1.54) is 141 Å². The summed E-state index contributed by atoms with van der Waals surface area (Å²) in [7, 11) is 1.55. The fraction of sp³-hybridized carbons (Fsp3) is 0.708. The van der Waals surface area contributed by atoms with Crippen LogP contribution in [0.4, 0.5) is 0 Å². The van der Waals surface area contributed by atoms with Crippen molar-refractivity contribution in [2.75, 3.05) is 40.9 Å². The number of nitrogens with one attached hydrogen (secondary N) is 1. The summed E-state index contributed by atoms with van der Waals surface area (Å²) in [5.74, 6) is -0.189. The molecule has 0 saturated heterocycles. The maximum atomic E-state index is 13.0. The number of hydrogen-bond donors (Lipinski definition) is 3. The molecule has 9 heteroatoms. The number of rotatable bonds is 54. The highest BCUT2D eigenvalue weighted by Gasteiger charge is 2.27. The second-order valence-corrected chi connectivity index (χ2v) is 22.8. The molecule has 0 spiro atoms. The van der Waals surface area contributed by atoms with Crippen LogP contribution < -0.4 is 5.32 Å². The first kappa shape index (κ1) is 71.2. The van der Waals surface area contributed by atoms with Gasteiger partial charge in [-0.3, -0.25) is 13.8 Å². The maximum Gasteiger partial charge on any atom is 0.472 e. The quantitative estimate of drug-likeness (QED) is 0.0243. The van der Waals surface area contributed by atoms with Crippen molar-refractivity contribution >= 4 is 13.7 Å². The van der Waals surface area contributed by atoms with Gasteiger partial charge in [0.25, 0.3) is 0 Å². The van der Waals surface area contributed by atoms with Crippen LogP contribution in [0.25, 0.3) is 0 Å². The van der Waals surface area contributed by atoms with E-state index in [2.05, 4.69) is 116 Å². The van der Waals surface area contributed by atoms with Gasteiger partial charge < -0.3 is 19.8 Å². The fourth-order valence-electron chi connectivity index (χ4n) is 8.27. The number of aliphatic hydroxyl groups excluding tert-OH is 1. The number of amides is 1. The molecule has 0 aliphatic heterocycles. The predicted molar refractivity (Wildman–Crippen MR) is 322 cm³/mol. The lowest BCUT2D eigenvalue weighted by Crippen LogP contribution is -2.45. The van der Waals surface area contributed by atoms with Crippen LogP contribution in [0, 0.1) is 0 Å². The number of carbonyl (C=O) groups excluding carboxylic acids is 1. The van der Waals surface area contributed by atoms with Crippen LogP contribution in [0.5, 0.6) is 0 Å². The van der Waals surface area contributed by atoms with Gasteiger partial charge in [-0.25, -0.2) is 4.57 Å². The lowest BCUT2D eigenvalue weighted by molar-refractivity contribution is -0.870. The molecule has 3 atom stereocenters. The van der Waals surface area contributed by atoms with Crippen LogP contribution in [0.3, 0.4) is 0 Å². The number of phosphoric acid groups is 1. The van der Waals surface area contributed by atoms with Crippen LogP contribution in [-0.2, 0) is 18.4 Å². The molecule has 426 valence electrons. The summed E-state index contributed by atoms with van der Waals surface area (Å²) in [5, 5.41) is 13.9. The molecule has 0 aromatic rings. The molecule has 0 radical (unpaired) electrons. The Morgan fingerprint density at radius 2 is 0.824 bits per heavy atom. The molecule has 0 rings (SSSR count). The number of nitrogens with zero attached hydrogens (tertiary/aromatic N) is 1. The molecule has 3 unspecified atom stereocenters. The van der Waals surface area contributed by atoms with E-state index in [0.717, 1.165) is 83.5 Å². The highest BCUT2D eigenvalue weighted by Crippen LogP contribution is 2.43. The summed E-state index contributed by atoms with van der Waals surface area (Å²) in [4.78, 5) is 23.3. The third-order valence-electron chi connectivity index (χ3n) is 13.0. The van der Waals surface area contributed by atoms with Crippen molar-refractivity contribution < 1.29 is 32.9 Å². The SMILES string of the molecule is CC/C=C\C/C=C\C/C=C\C/C=C\C/C=C\C/C=C\C/C=C\CCCCCCCCCCCCCCCCCCCC(=O)NC(COP(=O)(O)OCC[N+](C)(C)C)C(O)/C=C/CC/C=C/CCCCCCCCC. The molecule has 1 amide bonds. The van der Waals surface area contributed by atoms with E-state index < -0.39 is 20.0 Å². The zero-order valence-corrected chi connectivity index (χ0v) is 49.4. The van der Waals surface area contributed by atoms with Crippen LogP contribution in [-0.4, -0.2) is 73.4 Å². The largest absolute Gasteiger partial charge is 0.472 e. The number of quaternary nitrogens is 1. The van der Waals surface area contributed by atoms with Crippen molar-refractivity contribution in [1.82, 2.24) is 5.32 Å². The standard InChI is InChI=1S/C65H115N2O6P/c1-6-8-10-12-14-16-18-20-21-22-23-24-25-26-27-28-29-30-31-32-33-34-35-36-37-38-39-40-41-42-43-44-45-47-49-51-53-55-57-59-65(69)66-63(62-73-74(70,71)72-61-60-67(3,4)5)64(68)58-56-54-52-50-48-46-19-17-15-13-11-9-7-2/h8,10,14,16,20-21,23-24,26-27,29-30,32-33,48,50,56,58,63-64,68H,6-7,9,11-13,15,17-19,22,25,28,31,34-47,49,51-55,57,59-62H2,1-5H3,(H-,66,69,70,71)/p+1/b10-8-,16-14-,21-20-,24-23-,27-26-,30-29-,33-32-,50-48+,58-56+. The van der Waals surface area contributed by atoms with Crippen molar-refractivity contribution in [1.29, 1.82) is 0 Å². The average molecular weight is 1050 g/mol. The van der Waals surface area contributed by atoms with E-state index in [0.29, 0.717) is 17.4 Å². The van der Waals surface area contributed by atoms with Crippen LogP contribution in [0.15, 0.2) is 109 Å². The fourth-order valence-corrected chi connectivity index (χ4v) is 9.01. The number of likely N-dealkylation sites (N-methyl/N-ethyl adjacent to an activating group) is 1. The lowest BCUT2D eigenvalue weighted by atomic mass is 10.0. The van der Waals surface area contributed by atoms with Gasteiger partial charge in [-0.15, -0.1) is 0 Å². The smallest absolute Gasteiger partial charge is 0.387 e. The molecule has 74 heavy (non-hydrogen) atoms. The number of hydrogen-bond acceptors (Lipinski definition) is 5. The molecular formula is C65H116N2O6P+. The van der Waals surface area contributed by atoms with Crippen LogP contribution in [0.2, 0.25) is 0 Å². The number of carbonyl (C=O) groups is 1. The Labute approximate surface area is 457 Å². The maximum absolute atomic E-state index is 13.0. The van der Waals surface area contributed by atoms with E-state index in [1.54, 1.807) is 6.08 Å². The van der Waals surface area contributed by atoms with Gasteiger partial charge >= 0.3 is 7.82 Å². The molecular weight excluding hydrogens is 936 g/mol. The topological polar surface area (TPSA) is 105 Å². The Morgan fingerprint density at radius 3 is 1.24 bits per heavy atom. The third-order valence-corrected chi connectivity index (χ3v) is 14.0. The summed E-state index contributed by atoms with van der Waals surface area (Å²) >= 11 is 0. The molecule has 0 aromatic heterocycles. The highest BCUT2D eigenvalue weighted by atomic mass is 31.2. The first-order valence-corrected chi connectivity index (χ1v) is 31.8. The summed E-state index contributed by atoms with van der Waals surface area (Å²) < 4.78 is 23.6. The number of phosphoric ester groups is 1. The van der Waals surface area contributed by atoms with E-state index in [4.69, 9.17) is 9.05 Å². The van der Waals surface area contributed by atoms with Crippen molar-refractivity contribution in [3.8, 4) is 0 Å². The van der Waals surface area contributed by atoms with Gasteiger partial charge in [-0.05, 0) is 89.9 Å². The number of unbranched alkanes of at least 4 members (excludes halogenated alkanes) is 25. The minimum atomic E-state index is -4.36. The van der Waals surface area contributed by atoms with Gasteiger partial charge in [0, 0.05) is 6.42 Å². The molecule has 0 heterocycles. The van der Waals surface area contributed by atoms with Crippen LogP contribution in [0.1, 0.15) is 245 Å². The second-order valence-electron chi connectivity index (χ2n) is 21.3. The minimum absolute atomic E-state index is 0.0532. The number of aliphatic hydroxyl groups is 1. The normalized spacial score (nSPS) is 14.6. The third kappa shape index (κ3) is 56.9. The Bertz CT molecular complexity index is 1570. The predicted octanol–water partition coefficient (Wildman–Crippen LogP) is 18.8. The molecule has 3 N–H and O–H groups in total. The van der Waals surface area contributed by atoms with E-state index in [1.807, 2.05) is 27.2 Å². The van der Waals surface area contributed by atoms with Crippen molar-refractivity contribution in [3.05, 3.63) is 109 Å². The first-order chi connectivity index (χ1) is 36.0. The zero-order valence-electron chi connectivity index (χ0n) is 48.5. The van der Waals surface area contributed by atoms with Gasteiger partial charge in [0.05, 0.1) is 39.9 Å². The van der Waals surface area contributed by atoms with E-state index in [9.17, 15) is 19.4 Å². The minimum Gasteiger partial charge on any atom is -0.387 e. The first-order valence-electron chi connectivity index (χ1n) is 30.3. The van der Waals surface area contributed by atoms with Gasteiger partial charge in [-0.2, -0.15) is 0 Å². The summed E-state index contributed by atoms with van der Waals surface area (Å²) in [6.45, 7) is 4.66. The molecule has 0 aliphatic rings. The van der Waals surface area contributed by atoms with E-state index >= 15 is 0 Å². The zero-order chi connectivity index (χ0) is 54.2. The van der Waals surface area contributed by atoms with Crippen molar-refractivity contribution in [3.63, 3.8) is 0 Å². The lowest BCUT2D eigenvalue weighted by Gasteiger charge is -2.25. The van der Waals surface area contributed by atoms with Crippen molar-refractivity contribution in [2.24, 2.45) is 0 Å². The number of allylic oxidation sites excluding steroid dienone is 17. The van der Waals surface area contributed by atoms with Gasteiger partial charge in [0.1, 0.15) is 13.2 Å². The molecule has 0 aromatic carbocycles. The summed E-state index contributed by atoms with van der Waals surface area (Å²) in [5.41, 5.74) is 0. The molecule has 0 aliphatic carbocycles. The highest BCUT2D eigenvalue weighted by molar-refractivity contribution is 7.47. The summed E-state index contributed by atoms with van der Waals surface area (Å²) in [6.07, 6.45) is 80.7. The van der Waals surface area contributed by atoms with Gasteiger partial charge in [0.15, 0.2) is 0 Å². The van der Waals surface area contributed by atoms with Crippen LogP contribution >= 0.6 is 7.82 Å². The Morgan fingerprint density at radius 1 is 0.473 bits per heavy atom. The Kier molecular flexibility index (Phi) is 52.8. The summed E-state index contributed by atoms with van der Waals surface area (Å²) in [6, 6.07) is -0.867. The van der Waals surface area contributed by atoms with E-state index in [-0.39, 0.29) is 19.1 Å². The Balaban J connectivity index is 4.00. The van der Waals surface area contributed by atoms with Gasteiger partial charge in [0.2, 0.25) is 5.91 Å². The Hall–Kier alpha value is -2.84. The van der Waals surface area contributed by atoms with Gasteiger partial charge in [-0.1, -0.05) is 258 Å². The molecule has 0 saturated carbocycles. The molecule has 0 bridgehead atoms. The monoisotopic (exact) mass is 1050 g/mol. The average Bonchev–Trinajstić information content (AvgIpc) is 3.36. The molecule has 0 fully saturated rings. The van der Waals surface area contributed by atoms with Crippen molar-refractivity contribution in [2.45, 2.75) is 257 Å². The second kappa shape index (κ2) is 54.9.